The molecule has 2 nitrogen and oxygen atoms in total. The third-order valence-corrected chi connectivity index (χ3v) is 5.31. The Morgan fingerprint density at radius 2 is 1.94 bits per heavy atom. The molecule has 0 aromatic carbocycles. The molecular weight excluding hydrogens is 208 g/mol. The molecule has 98 valence electrons. The fraction of sp³-hybridized carbons (Fsp3) is 1.00. The lowest BCUT2D eigenvalue weighted by Crippen LogP contribution is -2.48. The van der Waals surface area contributed by atoms with E-state index in [0.717, 1.165) is 30.0 Å². The minimum absolute atomic E-state index is 0.820. The molecule has 0 spiro atoms. The van der Waals surface area contributed by atoms with Crippen molar-refractivity contribution < 1.29 is 0 Å². The van der Waals surface area contributed by atoms with E-state index in [4.69, 9.17) is 0 Å². The van der Waals surface area contributed by atoms with E-state index in [0.29, 0.717) is 0 Å². The standard InChI is InChI=1S/C15H28N2/c1-2-11-10-15(11)17-14-7-4-3-6-12(14)13-8-5-9-16-13/h11-17H,2-10H2,1H3. The van der Waals surface area contributed by atoms with Crippen molar-refractivity contribution in [2.24, 2.45) is 11.8 Å². The maximum atomic E-state index is 3.98. The zero-order valence-corrected chi connectivity index (χ0v) is 11.3. The van der Waals surface area contributed by atoms with Crippen molar-refractivity contribution in [1.82, 2.24) is 10.6 Å². The van der Waals surface area contributed by atoms with Crippen LogP contribution < -0.4 is 10.6 Å². The first-order chi connectivity index (χ1) is 8.38. The molecule has 17 heavy (non-hydrogen) atoms. The van der Waals surface area contributed by atoms with E-state index >= 15 is 0 Å². The second kappa shape index (κ2) is 5.27. The minimum Gasteiger partial charge on any atom is -0.314 e. The van der Waals surface area contributed by atoms with Crippen molar-refractivity contribution in [1.29, 1.82) is 0 Å². The summed E-state index contributed by atoms with van der Waals surface area (Å²) in [5, 5.41) is 7.72. The number of nitrogens with one attached hydrogen (secondary N) is 2. The van der Waals surface area contributed by atoms with E-state index in [1.807, 2.05) is 0 Å². The summed E-state index contributed by atoms with van der Waals surface area (Å²) < 4.78 is 0. The molecule has 1 heterocycles. The number of rotatable bonds is 4. The highest BCUT2D eigenvalue weighted by Gasteiger charge is 2.40. The van der Waals surface area contributed by atoms with Crippen LogP contribution in [0.1, 0.15) is 58.3 Å². The lowest BCUT2D eigenvalue weighted by Gasteiger charge is -2.36. The summed E-state index contributed by atoms with van der Waals surface area (Å²) in [6.45, 7) is 3.60. The molecule has 0 radical (unpaired) electrons. The average molecular weight is 236 g/mol. The molecule has 0 amide bonds. The van der Waals surface area contributed by atoms with Gasteiger partial charge >= 0.3 is 0 Å². The molecule has 2 N–H and O–H groups in total. The molecule has 5 unspecified atom stereocenters. The first kappa shape index (κ1) is 12.0. The zero-order chi connectivity index (χ0) is 11.7. The van der Waals surface area contributed by atoms with Crippen molar-refractivity contribution in [2.75, 3.05) is 6.54 Å². The van der Waals surface area contributed by atoms with Gasteiger partial charge in [0.05, 0.1) is 0 Å². The molecule has 3 fully saturated rings. The Labute approximate surface area is 106 Å². The summed E-state index contributed by atoms with van der Waals surface area (Å²) in [5.74, 6) is 1.92. The zero-order valence-electron chi connectivity index (χ0n) is 11.3. The maximum Gasteiger partial charge on any atom is 0.0113 e. The van der Waals surface area contributed by atoms with Crippen LogP contribution in [-0.2, 0) is 0 Å². The van der Waals surface area contributed by atoms with Gasteiger partial charge in [-0.25, -0.2) is 0 Å². The van der Waals surface area contributed by atoms with E-state index in [2.05, 4.69) is 17.6 Å². The molecule has 2 saturated carbocycles. The maximum absolute atomic E-state index is 3.98. The van der Waals surface area contributed by atoms with Crippen molar-refractivity contribution in [2.45, 2.75) is 76.4 Å². The van der Waals surface area contributed by atoms with Gasteiger partial charge in [0.1, 0.15) is 0 Å². The smallest absolute Gasteiger partial charge is 0.0113 e. The normalized spacial score (nSPS) is 46.1. The fourth-order valence-electron chi connectivity index (χ4n) is 4.10. The number of hydrogen-bond acceptors (Lipinski definition) is 2. The minimum atomic E-state index is 0.820. The van der Waals surface area contributed by atoms with Gasteiger partial charge in [-0.2, -0.15) is 0 Å². The molecule has 1 aliphatic heterocycles. The molecule has 3 rings (SSSR count). The van der Waals surface area contributed by atoms with Crippen LogP contribution in [0.25, 0.3) is 0 Å². The Bertz CT molecular complexity index is 247. The SMILES string of the molecule is CCC1CC1NC1CCCCC1C1CCCN1. The van der Waals surface area contributed by atoms with Gasteiger partial charge in [-0.1, -0.05) is 26.2 Å². The van der Waals surface area contributed by atoms with E-state index < -0.39 is 0 Å². The van der Waals surface area contributed by atoms with Gasteiger partial charge in [0.15, 0.2) is 0 Å². The Hall–Kier alpha value is -0.0800. The molecule has 0 aromatic rings. The Balaban J connectivity index is 1.55. The van der Waals surface area contributed by atoms with E-state index in [1.54, 1.807) is 0 Å². The lowest BCUT2D eigenvalue weighted by atomic mass is 9.79. The summed E-state index contributed by atoms with van der Waals surface area (Å²) in [6, 6.07) is 2.51. The van der Waals surface area contributed by atoms with Gasteiger partial charge in [-0.15, -0.1) is 0 Å². The van der Waals surface area contributed by atoms with Gasteiger partial charge in [-0.3, -0.25) is 0 Å². The molecule has 1 saturated heterocycles. The fourth-order valence-corrected chi connectivity index (χ4v) is 4.10. The summed E-state index contributed by atoms with van der Waals surface area (Å²) >= 11 is 0. The molecule has 2 aliphatic carbocycles. The Morgan fingerprint density at radius 3 is 2.65 bits per heavy atom. The summed E-state index contributed by atoms with van der Waals surface area (Å²) in [6.07, 6.45) is 11.4. The van der Waals surface area contributed by atoms with Crippen LogP contribution in [-0.4, -0.2) is 24.7 Å². The lowest BCUT2D eigenvalue weighted by molar-refractivity contribution is 0.211. The third-order valence-electron chi connectivity index (χ3n) is 5.31. The highest BCUT2D eigenvalue weighted by molar-refractivity contribution is 4.98. The Kier molecular flexibility index (Phi) is 3.72. The quantitative estimate of drug-likeness (QED) is 0.784. The predicted octanol–water partition coefficient (Wildman–Crippen LogP) is 2.69. The van der Waals surface area contributed by atoms with Crippen molar-refractivity contribution in [3.8, 4) is 0 Å². The highest BCUT2D eigenvalue weighted by Crippen LogP contribution is 2.37. The largest absolute Gasteiger partial charge is 0.314 e. The van der Waals surface area contributed by atoms with E-state index in [9.17, 15) is 0 Å². The monoisotopic (exact) mass is 236 g/mol. The molecule has 5 atom stereocenters. The topological polar surface area (TPSA) is 24.1 Å². The van der Waals surface area contributed by atoms with Crippen LogP contribution in [0.4, 0.5) is 0 Å². The first-order valence-electron chi connectivity index (χ1n) is 7.88. The van der Waals surface area contributed by atoms with Crippen LogP contribution in [0.5, 0.6) is 0 Å². The summed E-state index contributed by atoms with van der Waals surface area (Å²) in [7, 11) is 0. The van der Waals surface area contributed by atoms with Gasteiger partial charge in [-0.05, 0) is 50.5 Å². The third kappa shape index (κ3) is 2.68. The van der Waals surface area contributed by atoms with Crippen LogP contribution in [0.2, 0.25) is 0 Å². The molecule has 0 bridgehead atoms. The summed E-state index contributed by atoms with van der Waals surface area (Å²) in [4.78, 5) is 0. The van der Waals surface area contributed by atoms with E-state index in [-0.39, 0.29) is 0 Å². The van der Waals surface area contributed by atoms with Crippen molar-refractivity contribution in [3.05, 3.63) is 0 Å². The van der Waals surface area contributed by atoms with Gasteiger partial charge < -0.3 is 10.6 Å². The predicted molar refractivity (Wildman–Crippen MR) is 72.1 cm³/mol. The second-order valence-electron chi connectivity index (χ2n) is 6.43. The summed E-state index contributed by atoms with van der Waals surface area (Å²) in [5.41, 5.74) is 0. The average Bonchev–Trinajstić information content (AvgIpc) is 2.90. The highest BCUT2D eigenvalue weighted by atomic mass is 15.0. The van der Waals surface area contributed by atoms with E-state index in [1.165, 1.54) is 57.9 Å². The van der Waals surface area contributed by atoms with Gasteiger partial charge in [0.25, 0.3) is 0 Å². The molecule has 0 aromatic heterocycles. The molecule has 2 heteroatoms. The first-order valence-corrected chi connectivity index (χ1v) is 7.88. The Morgan fingerprint density at radius 1 is 1.06 bits per heavy atom. The second-order valence-corrected chi connectivity index (χ2v) is 6.43. The van der Waals surface area contributed by atoms with Crippen LogP contribution in [0.15, 0.2) is 0 Å². The van der Waals surface area contributed by atoms with Crippen molar-refractivity contribution >= 4 is 0 Å². The van der Waals surface area contributed by atoms with Gasteiger partial charge in [0.2, 0.25) is 0 Å². The van der Waals surface area contributed by atoms with Crippen molar-refractivity contribution in [3.63, 3.8) is 0 Å². The number of hydrogen-bond donors (Lipinski definition) is 2. The van der Waals surface area contributed by atoms with Crippen LogP contribution in [0, 0.1) is 11.8 Å². The van der Waals surface area contributed by atoms with Crippen LogP contribution in [0.3, 0.4) is 0 Å². The van der Waals surface area contributed by atoms with Gasteiger partial charge in [0, 0.05) is 18.1 Å². The molecule has 3 aliphatic rings. The molecular formula is C15H28N2. The van der Waals surface area contributed by atoms with Crippen LogP contribution >= 0.6 is 0 Å².